The number of amides is 1. The SMILES string of the molecule is COc1cc(/C=N/NC(=O)c2cc3cc(Cl)ccc3o2)c(Br)cc1OCC(=O)O. The third-order valence-electron chi connectivity index (χ3n) is 3.71. The first-order valence-electron chi connectivity index (χ1n) is 8.12. The van der Waals surface area contributed by atoms with Crippen molar-refractivity contribution >= 4 is 56.6 Å². The summed E-state index contributed by atoms with van der Waals surface area (Å²) in [5, 5.41) is 13.9. The molecule has 3 rings (SSSR count). The maximum absolute atomic E-state index is 12.2. The number of hydrogen-bond donors (Lipinski definition) is 2. The molecule has 0 atom stereocenters. The highest BCUT2D eigenvalue weighted by Crippen LogP contribution is 2.33. The molecule has 2 aromatic carbocycles. The van der Waals surface area contributed by atoms with Gasteiger partial charge in [0.1, 0.15) is 5.58 Å². The van der Waals surface area contributed by atoms with Crippen molar-refractivity contribution in [3.63, 3.8) is 0 Å². The Morgan fingerprint density at radius 3 is 2.79 bits per heavy atom. The van der Waals surface area contributed by atoms with E-state index in [1.54, 1.807) is 36.4 Å². The first-order valence-corrected chi connectivity index (χ1v) is 9.29. The predicted octanol–water partition coefficient (Wildman–Crippen LogP) is 4.08. The van der Waals surface area contributed by atoms with Crippen LogP contribution in [0, 0.1) is 0 Å². The van der Waals surface area contributed by atoms with E-state index >= 15 is 0 Å². The minimum atomic E-state index is -1.11. The lowest BCUT2D eigenvalue weighted by Crippen LogP contribution is -2.16. The number of nitrogens with one attached hydrogen (secondary N) is 1. The van der Waals surface area contributed by atoms with Gasteiger partial charge in [-0.1, -0.05) is 11.6 Å². The smallest absolute Gasteiger partial charge is 0.341 e. The highest BCUT2D eigenvalue weighted by molar-refractivity contribution is 9.10. The van der Waals surface area contributed by atoms with Crippen LogP contribution in [-0.2, 0) is 4.79 Å². The van der Waals surface area contributed by atoms with E-state index in [1.165, 1.54) is 13.3 Å². The van der Waals surface area contributed by atoms with Crippen LogP contribution in [0.4, 0.5) is 0 Å². The van der Waals surface area contributed by atoms with Gasteiger partial charge in [-0.05, 0) is 52.3 Å². The Balaban J connectivity index is 1.73. The number of benzene rings is 2. The summed E-state index contributed by atoms with van der Waals surface area (Å²) in [5.74, 6) is -0.976. The van der Waals surface area contributed by atoms with Crippen molar-refractivity contribution in [2.24, 2.45) is 5.10 Å². The molecule has 0 radical (unpaired) electrons. The van der Waals surface area contributed by atoms with Gasteiger partial charge in [-0.3, -0.25) is 4.79 Å². The average molecular weight is 482 g/mol. The maximum atomic E-state index is 12.2. The van der Waals surface area contributed by atoms with Crippen molar-refractivity contribution in [2.45, 2.75) is 0 Å². The Morgan fingerprint density at radius 2 is 2.07 bits per heavy atom. The third kappa shape index (κ3) is 5.07. The van der Waals surface area contributed by atoms with Crippen LogP contribution in [0.2, 0.25) is 5.02 Å². The number of carbonyl (C=O) groups excluding carboxylic acids is 1. The summed E-state index contributed by atoms with van der Waals surface area (Å²) in [4.78, 5) is 22.9. The molecular weight excluding hydrogens is 468 g/mol. The quantitative estimate of drug-likeness (QED) is 0.389. The molecule has 1 aromatic heterocycles. The number of carbonyl (C=O) groups is 2. The number of aliphatic carboxylic acids is 1. The number of carboxylic acids is 1. The van der Waals surface area contributed by atoms with Gasteiger partial charge in [0.15, 0.2) is 23.9 Å². The highest BCUT2D eigenvalue weighted by atomic mass is 79.9. The van der Waals surface area contributed by atoms with E-state index in [0.717, 1.165) is 0 Å². The molecular formula is C19H14BrClN2O6. The molecule has 1 amide bonds. The summed E-state index contributed by atoms with van der Waals surface area (Å²) in [6.45, 7) is -0.505. The van der Waals surface area contributed by atoms with Crippen molar-refractivity contribution in [1.82, 2.24) is 5.43 Å². The molecule has 29 heavy (non-hydrogen) atoms. The minimum Gasteiger partial charge on any atom is -0.493 e. The molecule has 0 aliphatic heterocycles. The van der Waals surface area contributed by atoms with Gasteiger partial charge in [-0.15, -0.1) is 0 Å². The summed E-state index contributed by atoms with van der Waals surface area (Å²) in [5.41, 5.74) is 3.48. The number of hydrazone groups is 1. The Hall–Kier alpha value is -3.04. The van der Waals surface area contributed by atoms with Crippen LogP contribution < -0.4 is 14.9 Å². The standard InChI is InChI=1S/C19H14BrClN2O6/c1-27-15-6-11(13(20)7-16(15)28-9-18(24)25)8-22-23-19(26)17-5-10-4-12(21)2-3-14(10)29-17/h2-8H,9H2,1H3,(H,23,26)(H,24,25)/b22-8+. The Bertz CT molecular complexity index is 1110. The first-order chi connectivity index (χ1) is 13.9. The second kappa shape index (κ2) is 8.97. The van der Waals surface area contributed by atoms with Crippen LogP contribution in [0.1, 0.15) is 16.1 Å². The van der Waals surface area contributed by atoms with Gasteiger partial charge < -0.3 is 19.0 Å². The fraction of sp³-hybridized carbons (Fsp3) is 0.105. The number of ether oxygens (including phenoxy) is 2. The summed E-state index contributed by atoms with van der Waals surface area (Å²) in [6, 6.07) is 9.74. The second-order valence-electron chi connectivity index (χ2n) is 5.70. The van der Waals surface area contributed by atoms with E-state index in [4.69, 9.17) is 30.6 Å². The molecule has 0 saturated carbocycles. The number of fused-ring (bicyclic) bond motifs is 1. The fourth-order valence-electron chi connectivity index (χ4n) is 2.40. The molecule has 10 heteroatoms. The minimum absolute atomic E-state index is 0.0912. The van der Waals surface area contributed by atoms with Crippen LogP contribution in [0.3, 0.4) is 0 Å². The molecule has 3 aromatic rings. The van der Waals surface area contributed by atoms with E-state index in [1.807, 2.05) is 0 Å². The predicted molar refractivity (Wildman–Crippen MR) is 110 cm³/mol. The average Bonchev–Trinajstić information content (AvgIpc) is 3.10. The number of hydrogen-bond acceptors (Lipinski definition) is 6. The Kier molecular flexibility index (Phi) is 6.40. The summed E-state index contributed by atoms with van der Waals surface area (Å²) in [6.07, 6.45) is 1.39. The van der Waals surface area contributed by atoms with Crippen molar-refractivity contribution in [2.75, 3.05) is 13.7 Å². The number of nitrogens with zero attached hydrogens (tertiary/aromatic N) is 1. The van der Waals surface area contributed by atoms with Gasteiger partial charge in [0.25, 0.3) is 0 Å². The van der Waals surface area contributed by atoms with Gasteiger partial charge >= 0.3 is 11.9 Å². The Labute approximate surface area is 178 Å². The number of methoxy groups -OCH3 is 1. The zero-order valence-corrected chi connectivity index (χ0v) is 17.3. The molecule has 0 saturated heterocycles. The van der Waals surface area contributed by atoms with E-state index in [2.05, 4.69) is 26.5 Å². The number of carboxylic acid groups (broad SMARTS) is 1. The fourth-order valence-corrected chi connectivity index (χ4v) is 3.01. The van der Waals surface area contributed by atoms with Crippen molar-refractivity contribution < 1.29 is 28.6 Å². The third-order valence-corrected chi connectivity index (χ3v) is 4.63. The van der Waals surface area contributed by atoms with E-state index < -0.39 is 18.5 Å². The van der Waals surface area contributed by atoms with Gasteiger partial charge in [-0.2, -0.15) is 5.10 Å². The van der Waals surface area contributed by atoms with Crippen LogP contribution in [0.25, 0.3) is 11.0 Å². The van der Waals surface area contributed by atoms with Crippen LogP contribution in [0.5, 0.6) is 11.5 Å². The molecule has 0 unspecified atom stereocenters. The van der Waals surface area contributed by atoms with Crippen LogP contribution in [0.15, 0.2) is 50.4 Å². The molecule has 1 heterocycles. The zero-order valence-electron chi connectivity index (χ0n) is 14.9. The first kappa shape index (κ1) is 20.7. The monoisotopic (exact) mass is 480 g/mol. The normalized spacial score (nSPS) is 11.0. The molecule has 2 N–H and O–H groups in total. The lowest BCUT2D eigenvalue weighted by molar-refractivity contribution is -0.139. The second-order valence-corrected chi connectivity index (χ2v) is 6.99. The number of furan rings is 1. The highest BCUT2D eigenvalue weighted by Gasteiger charge is 2.13. The van der Waals surface area contributed by atoms with Crippen molar-refractivity contribution in [3.8, 4) is 11.5 Å². The summed E-state index contributed by atoms with van der Waals surface area (Å²) in [7, 11) is 1.42. The van der Waals surface area contributed by atoms with E-state index in [-0.39, 0.29) is 11.5 Å². The Morgan fingerprint density at radius 1 is 1.28 bits per heavy atom. The molecule has 0 fully saturated rings. The lowest BCUT2D eigenvalue weighted by atomic mass is 10.2. The van der Waals surface area contributed by atoms with Crippen molar-refractivity contribution in [1.29, 1.82) is 0 Å². The van der Waals surface area contributed by atoms with Gasteiger partial charge in [-0.25, -0.2) is 10.2 Å². The van der Waals surface area contributed by atoms with E-state index in [9.17, 15) is 9.59 Å². The summed E-state index contributed by atoms with van der Waals surface area (Å²) >= 11 is 9.27. The topological polar surface area (TPSA) is 110 Å². The van der Waals surface area contributed by atoms with Gasteiger partial charge in [0.05, 0.1) is 13.3 Å². The molecule has 0 aliphatic carbocycles. The lowest BCUT2D eigenvalue weighted by Gasteiger charge is -2.11. The largest absolute Gasteiger partial charge is 0.493 e. The van der Waals surface area contributed by atoms with Crippen LogP contribution >= 0.6 is 27.5 Å². The van der Waals surface area contributed by atoms with Gasteiger partial charge in [0.2, 0.25) is 0 Å². The zero-order chi connectivity index (χ0) is 21.0. The van der Waals surface area contributed by atoms with Gasteiger partial charge in [0, 0.05) is 20.4 Å². The molecule has 0 bridgehead atoms. The van der Waals surface area contributed by atoms with Crippen molar-refractivity contribution in [3.05, 3.63) is 57.2 Å². The number of halogens is 2. The van der Waals surface area contributed by atoms with E-state index in [0.29, 0.717) is 31.8 Å². The molecule has 150 valence electrons. The maximum Gasteiger partial charge on any atom is 0.341 e. The molecule has 8 nitrogen and oxygen atoms in total. The number of rotatable bonds is 7. The molecule has 0 aliphatic rings. The molecule has 0 spiro atoms. The summed E-state index contributed by atoms with van der Waals surface area (Å²) < 4.78 is 16.4. The van der Waals surface area contributed by atoms with Crippen LogP contribution in [-0.4, -0.2) is 36.9 Å².